The Kier molecular flexibility index (Phi) is 6.29. The van der Waals surface area contributed by atoms with Crippen LogP contribution in [0.4, 0.5) is 5.69 Å². The molecule has 1 aromatic rings. The largest absolute Gasteiger partial charge is 0.466 e. The van der Waals surface area contributed by atoms with E-state index in [0.717, 1.165) is 6.26 Å². The van der Waals surface area contributed by atoms with Crippen molar-refractivity contribution in [3.8, 4) is 0 Å². The van der Waals surface area contributed by atoms with Gasteiger partial charge in [0.2, 0.25) is 10.0 Å². The Labute approximate surface area is 124 Å². The summed E-state index contributed by atoms with van der Waals surface area (Å²) in [6.45, 7) is 2.26. The summed E-state index contributed by atoms with van der Waals surface area (Å²) in [5.74, 6) is -0.327. The zero-order valence-corrected chi connectivity index (χ0v) is 13.1. The maximum atomic E-state index is 11.8. The lowest BCUT2D eigenvalue weighted by atomic mass is 10.3. The van der Waals surface area contributed by atoms with Gasteiger partial charge >= 0.3 is 5.97 Å². The summed E-state index contributed by atoms with van der Waals surface area (Å²) in [6.07, 6.45) is 1.69. The Bertz CT molecular complexity index is 559. The number of benzene rings is 1. The smallest absolute Gasteiger partial charge is 0.305 e. The lowest BCUT2D eigenvalue weighted by Gasteiger charge is -2.22. The molecule has 0 aromatic heterocycles. The van der Waals surface area contributed by atoms with Crippen LogP contribution >= 0.6 is 11.6 Å². The van der Waals surface area contributed by atoms with Crippen LogP contribution in [0.5, 0.6) is 0 Å². The van der Waals surface area contributed by atoms with Crippen LogP contribution in [0.1, 0.15) is 19.8 Å². The van der Waals surface area contributed by atoms with E-state index in [-0.39, 0.29) is 18.9 Å². The van der Waals surface area contributed by atoms with E-state index in [0.29, 0.717) is 23.7 Å². The fraction of sp³-hybridized carbons (Fsp3) is 0.462. The quantitative estimate of drug-likeness (QED) is 0.724. The van der Waals surface area contributed by atoms with Crippen LogP contribution in [0.3, 0.4) is 0 Å². The second kappa shape index (κ2) is 7.50. The van der Waals surface area contributed by atoms with Gasteiger partial charge in [-0.3, -0.25) is 9.10 Å². The van der Waals surface area contributed by atoms with Gasteiger partial charge in [0, 0.05) is 18.0 Å². The number of ether oxygens (including phenoxy) is 1. The van der Waals surface area contributed by atoms with Gasteiger partial charge in [0.15, 0.2) is 0 Å². The summed E-state index contributed by atoms with van der Waals surface area (Å²) in [6, 6.07) is 6.59. The third-order valence-corrected chi connectivity index (χ3v) is 3.97. The molecule has 0 heterocycles. The van der Waals surface area contributed by atoms with Gasteiger partial charge in [0.1, 0.15) is 0 Å². The molecule has 0 unspecified atom stereocenters. The van der Waals surface area contributed by atoms with Gasteiger partial charge in [-0.15, -0.1) is 0 Å². The lowest BCUT2D eigenvalue weighted by molar-refractivity contribution is -0.143. The third kappa shape index (κ3) is 5.38. The standard InChI is InChI=1S/C13H18ClNO4S/c1-3-19-13(16)8-5-9-15(20(2,17)18)12-7-4-6-11(14)10-12/h4,6-7,10H,3,5,8-9H2,1-2H3. The maximum Gasteiger partial charge on any atom is 0.305 e. The zero-order chi connectivity index (χ0) is 15.2. The number of rotatable bonds is 7. The molecule has 0 aliphatic carbocycles. The van der Waals surface area contributed by atoms with Crippen molar-refractivity contribution in [3.05, 3.63) is 29.3 Å². The molecule has 1 aromatic carbocycles. The van der Waals surface area contributed by atoms with E-state index in [1.807, 2.05) is 0 Å². The minimum Gasteiger partial charge on any atom is -0.466 e. The number of carbonyl (C=O) groups excluding carboxylic acids is 1. The first-order valence-electron chi connectivity index (χ1n) is 6.23. The molecule has 0 saturated heterocycles. The number of carbonyl (C=O) groups is 1. The molecule has 112 valence electrons. The van der Waals surface area contributed by atoms with Crippen molar-refractivity contribution in [1.82, 2.24) is 0 Å². The Morgan fingerprint density at radius 3 is 2.65 bits per heavy atom. The fourth-order valence-corrected chi connectivity index (χ4v) is 2.86. The first-order valence-corrected chi connectivity index (χ1v) is 8.46. The predicted molar refractivity (Wildman–Crippen MR) is 79.5 cm³/mol. The maximum absolute atomic E-state index is 11.8. The minimum atomic E-state index is -3.42. The first kappa shape index (κ1) is 16.8. The second-order valence-corrected chi connectivity index (χ2v) is 6.57. The normalized spacial score (nSPS) is 11.2. The average molecular weight is 320 g/mol. The van der Waals surface area contributed by atoms with Crippen molar-refractivity contribution < 1.29 is 17.9 Å². The van der Waals surface area contributed by atoms with Crippen molar-refractivity contribution in [1.29, 1.82) is 0 Å². The van der Waals surface area contributed by atoms with E-state index in [2.05, 4.69) is 0 Å². The second-order valence-electron chi connectivity index (χ2n) is 4.22. The number of nitrogens with zero attached hydrogens (tertiary/aromatic N) is 1. The number of sulfonamides is 1. The van der Waals surface area contributed by atoms with Gasteiger partial charge in [-0.2, -0.15) is 0 Å². The first-order chi connectivity index (χ1) is 9.34. The van der Waals surface area contributed by atoms with Gasteiger partial charge < -0.3 is 4.74 Å². The van der Waals surface area contributed by atoms with Crippen molar-refractivity contribution in [2.24, 2.45) is 0 Å². The summed E-state index contributed by atoms with van der Waals surface area (Å²) in [5.41, 5.74) is 0.490. The van der Waals surface area contributed by atoms with Crippen LogP contribution in [0.15, 0.2) is 24.3 Å². The molecule has 0 N–H and O–H groups in total. The highest BCUT2D eigenvalue weighted by Crippen LogP contribution is 2.22. The Hall–Kier alpha value is -1.27. The summed E-state index contributed by atoms with van der Waals surface area (Å²) in [4.78, 5) is 11.3. The molecule has 0 radical (unpaired) electrons. The van der Waals surface area contributed by atoms with Crippen LogP contribution in [0.2, 0.25) is 5.02 Å². The minimum absolute atomic E-state index is 0.181. The van der Waals surface area contributed by atoms with Crippen LogP contribution in [-0.4, -0.2) is 33.8 Å². The molecule has 0 amide bonds. The van der Waals surface area contributed by atoms with E-state index < -0.39 is 10.0 Å². The van der Waals surface area contributed by atoms with Crippen LogP contribution in [-0.2, 0) is 19.6 Å². The van der Waals surface area contributed by atoms with Crippen molar-refractivity contribution in [2.45, 2.75) is 19.8 Å². The van der Waals surface area contributed by atoms with Crippen LogP contribution in [0.25, 0.3) is 0 Å². The van der Waals surface area contributed by atoms with E-state index in [1.165, 1.54) is 4.31 Å². The molecular weight excluding hydrogens is 302 g/mol. The molecular formula is C13H18ClNO4S. The number of hydrogen-bond donors (Lipinski definition) is 0. The highest BCUT2D eigenvalue weighted by Gasteiger charge is 2.17. The van der Waals surface area contributed by atoms with E-state index >= 15 is 0 Å². The number of anilines is 1. The third-order valence-electron chi connectivity index (χ3n) is 2.54. The van der Waals surface area contributed by atoms with Crippen LogP contribution in [0, 0.1) is 0 Å². The summed E-state index contributed by atoms with van der Waals surface area (Å²) < 4.78 is 29.7. The monoisotopic (exact) mass is 319 g/mol. The molecule has 5 nitrogen and oxygen atoms in total. The molecule has 0 atom stereocenters. The molecule has 0 aliphatic heterocycles. The molecule has 0 saturated carbocycles. The van der Waals surface area contributed by atoms with Crippen LogP contribution < -0.4 is 4.31 Å². The SMILES string of the molecule is CCOC(=O)CCCN(c1cccc(Cl)c1)S(C)(=O)=O. The molecule has 0 aliphatic rings. The summed E-state index contributed by atoms with van der Waals surface area (Å²) >= 11 is 5.87. The van der Waals surface area contributed by atoms with E-state index in [9.17, 15) is 13.2 Å². The summed E-state index contributed by atoms with van der Waals surface area (Å²) in [5, 5.41) is 0.460. The molecule has 0 bridgehead atoms. The predicted octanol–water partition coefficient (Wildman–Crippen LogP) is 2.45. The fourth-order valence-electron chi connectivity index (χ4n) is 1.72. The number of esters is 1. The molecule has 0 spiro atoms. The number of hydrogen-bond acceptors (Lipinski definition) is 4. The van der Waals surface area contributed by atoms with E-state index in [1.54, 1.807) is 31.2 Å². The molecule has 1 rings (SSSR count). The number of halogens is 1. The molecule has 0 fully saturated rings. The Morgan fingerprint density at radius 2 is 2.10 bits per heavy atom. The van der Waals surface area contributed by atoms with Gasteiger partial charge in [-0.1, -0.05) is 17.7 Å². The molecule has 7 heteroatoms. The summed E-state index contributed by atoms with van der Waals surface area (Å²) in [7, 11) is -3.42. The van der Waals surface area contributed by atoms with Crippen molar-refractivity contribution in [2.75, 3.05) is 23.7 Å². The average Bonchev–Trinajstić information content (AvgIpc) is 2.33. The van der Waals surface area contributed by atoms with Gasteiger partial charge in [0.05, 0.1) is 18.6 Å². The lowest BCUT2D eigenvalue weighted by Crippen LogP contribution is -2.31. The van der Waals surface area contributed by atoms with Gasteiger partial charge in [0.25, 0.3) is 0 Å². The Morgan fingerprint density at radius 1 is 1.40 bits per heavy atom. The highest BCUT2D eigenvalue weighted by molar-refractivity contribution is 7.92. The van der Waals surface area contributed by atoms with Gasteiger partial charge in [-0.05, 0) is 31.5 Å². The molecule has 20 heavy (non-hydrogen) atoms. The van der Waals surface area contributed by atoms with Gasteiger partial charge in [-0.25, -0.2) is 8.42 Å². The topological polar surface area (TPSA) is 63.7 Å². The van der Waals surface area contributed by atoms with E-state index in [4.69, 9.17) is 16.3 Å². The zero-order valence-electron chi connectivity index (χ0n) is 11.5. The Balaban J connectivity index is 2.75. The highest BCUT2D eigenvalue weighted by atomic mass is 35.5. The van der Waals surface area contributed by atoms with Crippen molar-refractivity contribution in [3.63, 3.8) is 0 Å². The van der Waals surface area contributed by atoms with Crippen molar-refractivity contribution >= 4 is 33.3 Å².